The van der Waals surface area contributed by atoms with E-state index in [4.69, 9.17) is 4.99 Å². The second-order valence-electron chi connectivity index (χ2n) is 11.7. The summed E-state index contributed by atoms with van der Waals surface area (Å²) >= 11 is 0. The van der Waals surface area contributed by atoms with Crippen LogP contribution in [0.5, 0.6) is 5.88 Å². The van der Waals surface area contributed by atoms with Gasteiger partial charge in [-0.25, -0.2) is 17.7 Å². The summed E-state index contributed by atoms with van der Waals surface area (Å²) in [5, 5.41) is 12.0. The number of aromatic nitrogens is 2. The lowest BCUT2D eigenvalue weighted by Crippen LogP contribution is -2.28. The number of pyridine rings is 1. The first-order valence-corrected chi connectivity index (χ1v) is 17.2. The highest BCUT2D eigenvalue weighted by Crippen LogP contribution is 2.38. The average Bonchev–Trinajstić information content (AvgIpc) is 3.44. The van der Waals surface area contributed by atoms with Gasteiger partial charge in [0.15, 0.2) is 5.88 Å². The van der Waals surface area contributed by atoms with Gasteiger partial charge in [-0.05, 0) is 86.1 Å². The second-order valence-corrected chi connectivity index (χ2v) is 13.5. The van der Waals surface area contributed by atoms with Gasteiger partial charge in [-0.3, -0.25) is 9.88 Å². The van der Waals surface area contributed by atoms with Crippen LogP contribution in [0.4, 0.5) is 17.1 Å². The van der Waals surface area contributed by atoms with Crippen LogP contribution in [0.25, 0.3) is 10.9 Å². The molecule has 0 radical (unpaired) electrons. The molecule has 0 spiro atoms. The molecule has 47 heavy (non-hydrogen) atoms. The minimum atomic E-state index is -4.03. The highest BCUT2D eigenvalue weighted by molar-refractivity contribution is 7.93. The van der Waals surface area contributed by atoms with Crippen molar-refractivity contribution in [1.82, 2.24) is 14.9 Å². The monoisotopic (exact) mass is 641 g/mol. The zero-order chi connectivity index (χ0) is 32.2. The van der Waals surface area contributed by atoms with E-state index in [2.05, 4.69) is 27.0 Å². The molecule has 4 aromatic carbocycles. The van der Waals surface area contributed by atoms with Crippen molar-refractivity contribution in [2.45, 2.75) is 30.7 Å². The molecule has 2 N–H and O–H groups in total. The number of hydrogen-bond acceptors (Lipinski definition) is 6. The standard InChI is InChI=1S/C38H35N5O3S/c44-38-36(37(29-11-4-1-5-12-29)40-30-18-16-28(17-19-30)27-42-23-8-3-9-24-42)34-25-31(20-21-35(34)41-38)43(32-13-10-22-39-26-32)47(45,46)33-14-6-2-7-15-33/h1-2,4-7,10-22,25-26,41,44H,3,8-9,23-24,27H2. The Labute approximate surface area is 274 Å². The Morgan fingerprint density at radius 3 is 2.26 bits per heavy atom. The Bertz CT molecular complexity index is 2110. The molecule has 7 rings (SSSR count). The predicted octanol–water partition coefficient (Wildman–Crippen LogP) is 7.95. The van der Waals surface area contributed by atoms with E-state index < -0.39 is 10.0 Å². The lowest BCUT2D eigenvalue weighted by Gasteiger charge is -2.26. The van der Waals surface area contributed by atoms with Gasteiger partial charge in [-0.2, -0.15) is 0 Å². The molecule has 0 atom stereocenters. The number of aromatic hydroxyl groups is 1. The number of likely N-dealkylation sites (tertiary alicyclic amines) is 1. The number of H-pyrrole nitrogens is 1. The van der Waals surface area contributed by atoms with Crippen LogP contribution >= 0.6 is 0 Å². The number of nitrogens with zero attached hydrogens (tertiary/aromatic N) is 4. The van der Waals surface area contributed by atoms with Crippen molar-refractivity contribution in [1.29, 1.82) is 0 Å². The number of aromatic amines is 1. The van der Waals surface area contributed by atoms with Crippen LogP contribution in [0, 0.1) is 0 Å². The van der Waals surface area contributed by atoms with Gasteiger partial charge in [-0.1, -0.05) is 67.1 Å². The first-order valence-electron chi connectivity index (χ1n) is 15.8. The fraction of sp³-hybridized carbons (Fsp3) is 0.158. The smallest absolute Gasteiger partial charge is 0.268 e. The van der Waals surface area contributed by atoms with E-state index in [0.29, 0.717) is 33.6 Å². The summed E-state index contributed by atoms with van der Waals surface area (Å²) in [4.78, 5) is 15.0. The maximum Gasteiger partial charge on any atom is 0.268 e. The van der Waals surface area contributed by atoms with Crippen molar-refractivity contribution in [2.75, 3.05) is 17.4 Å². The molecule has 0 unspecified atom stereocenters. The molecule has 0 saturated carbocycles. The SMILES string of the molecule is O=S(=O)(c1ccccc1)N(c1cccnc1)c1ccc2[nH]c(O)c(C(=Nc3ccc(CN4CCCCC4)cc3)c3ccccc3)c2c1. The van der Waals surface area contributed by atoms with Crippen molar-refractivity contribution in [2.24, 2.45) is 4.99 Å². The van der Waals surface area contributed by atoms with Crippen LogP contribution in [0.2, 0.25) is 0 Å². The Morgan fingerprint density at radius 2 is 1.55 bits per heavy atom. The normalized spacial score (nSPS) is 14.3. The number of sulfonamides is 1. The van der Waals surface area contributed by atoms with E-state index >= 15 is 0 Å². The van der Waals surface area contributed by atoms with Gasteiger partial charge in [-0.15, -0.1) is 0 Å². The molecule has 0 amide bonds. The zero-order valence-electron chi connectivity index (χ0n) is 25.8. The van der Waals surface area contributed by atoms with Gasteiger partial charge in [0.25, 0.3) is 10.0 Å². The molecule has 8 nitrogen and oxygen atoms in total. The van der Waals surface area contributed by atoms with Crippen LogP contribution in [0.15, 0.2) is 138 Å². The molecular weight excluding hydrogens is 607 g/mol. The number of rotatable bonds is 9. The zero-order valence-corrected chi connectivity index (χ0v) is 26.6. The summed E-state index contributed by atoms with van der Waals surface area (Å²) in [5.41, 5.74) is 5.27. The average molecular weight is 642 g/mol. The number of piperidine rings is 1. The summed E-state index contributed by atoms with van der Waals surface area (Å²) in [6.07, 6.45) is 6.92. The van der Waals surface area contributed by atoms with Gasteiger partial charge in [0.2, 0.25) is 0 Å². The van der Waals surface area contributed by atoms with Crippen molar-refractivity contribution in [3.8, 4) is 5.88 Å². The maximum absolute atomic E-state index is 14.1. The van der Waals surface area contributed by atoms with E-state index in [1.54, 1.807) is 66.9 Å². The number of fused-ring (bicyclic) bond motifs is 1. The summed E-state index contributed by atoms with van der Waals surface area (Å²) in [6, 6.07) is 34.9. The molecule has 0 aliphatic carbocycles. The number of nitrogens with one attached hydrogen (secondary N) is 1. The van der Waals surface area contributed by atoms with Gasteiger partial charge < -0.3 is 10.1 Å². The minimum absolute atomic E-state index is 0.0553. The molecule has 236 valence electrons. The van der Waals surface area contributed by atoms with Crippen molar-refractivity contribution in [3.63, 3.8) is 0 Å². The van der Waals surface area contributed by atoms with E-state index in [0.717, 1.165) is 30.9 Å². The Morgan fingerprint density at radius 1 is 0.830 bits per heavy atom. The molecule has 6 aromatic rings. The first kappa shape index (κ1) is 30.4. The first-order chi connectivity index (χ1) is 23.0. The summed E-state index contributed by atoms with van der Waals surface area (Å²) < 4.78 is 29.5. The minimum Gasteiger partial charge on any atom is -0.494 e. The van der Waals surface area contributed by atoms with Crippen LogP contribution in [0.1, 0.15) is 36.0 Å². The van der Waals surface area contributed by atoms with Crippen LogP contribution in [-0.2, 0) is 16.6 Å². The number of benzene rings is 4. The van der Waals surface area contributed by atoms with Gasteiger partial charge in [0, 0.05) is 29.2 Å². The predicted molar refractivity (Wildman–Crippen MR) is 187 cm³/mol. The second kappa shape index (κ2) is 13.2. The quantitative estimate of drug-likeness (QED) is 0.156. The Balaban J connectivity index is 1.34. The van der Waals surface area contributed by atoms with E-state index in [-0.39, 0.29) is 10.8 Å². The fourth-order valence-corrected chi connectivity index (χ4v) is 7.66. The van der Waals surface area contributed by atoms with Crippen LogP contribution < -0.4 is 4.31 Å². The van der Waals surface area contributed by atoms with Gasteiger partial charge in [0.05, 0.1) is 39.4 Å². The van der Waals surface area contributed by atoms with Crippen LogP contribution in [0.3, 0.4) is 0 Å². The van der Waals surface area contributed by atoms with Crippen molar-refractivity contribution >= 4 is 43.7 Å². The van der Waals surface area contributed by atoms with Gasteiger partial charge >= 0.3 is 0 Å². The topological polar surface area (TPSA) is 102 Å². The van der Waals surface area contributed by atoms with Gasteiger partial charge in [0.1, 0.15) is 0 Å². The Kier molecular flexibility index (Phi) is 8.56. The molecule has 1 saturated heterocycles. The Hall–Kier alpha value is -5.25. The number of aliphatic imine (C=N–C) groups is 1. The molecule has 2 aromatic heterocycles. The molecule has 1 fully saturated rings. The molecule has 0 bridgehead atoms. The molecule has 3 heterocycles. The van der Waals surface area contributed by atoms with E-state index in [1.807, 2.05) is 42.5 Å². The lowest BCUT2D eigenvalue weighted by molar-refractivity contribution is 0.221. The number of hydrogen-bond donors (Lipinski definition) is 2. The molecule has 9 heteroatoms. The largest absolute Gasteiger partial charge is 0.494 e. The third kappa shape index (κ3) is 6.40. The highest BCUT2D eigenvalue weighted by Gasteiger charge is 2.28. The van der Waals surface area contributed by atoms with Crippen molar-refractivity contribution in [3.05, 3.63) is 144 Å². The summed E-state index contributed by atoms with van der Waals surface area (Å²) in [6.45, 7) is 3.18. The highest BCUT2D eigenvalue weighted by atomic mass is 32.2. The van der Waals surface area contributed by atoms with Crippen molar-refractivity contribution < 1.29 is 13.5 Å². The molecule has 1 aliphatic rings. The van der Waals surface area contributed by atoms with Crippen LogP contribution in [-0.4, -0.2) is 47.2 Å². The molecular formula is C38H35N5O3S. The molecule has 1 aliphatic heterocycles. The lowest BCUT2D eigenvalue weighted by atomic mass is 10.0. The fourth-order valence-electron chi connectivity index (χ4n) is 6.17. The summed E-state index contributed by atoms with van der Waals surface area (Å²) in [7, 11) is -4.03. The summed E-state index contributed by atoms with van der Waals surface area (Å²) in [5.74, 6) is -0.0553. The van der Waals surface area contributed by atoms with E-state index in [9.17, 15) is 13.5 Å². The third-order valence-electron chi connectivity index (χ3n) is 8.47. The van der Waals surface area contributed by atoms with E-state index in [1.165, 1.54) is 35.3 Å². The number of anilines is 2. The third-order valence-corrected chi connectivity index (χ3v) is 10.2. The maximum atomic E-state index is 14.1.